The minimum atomic E-state index is -0.393. The smallest absolute Gasteiger partial charge is 0.228 e. The van der Waals surface area contributed by atoms with Gasteiger partial charge in [0, 0.05) is 43.8 Å². The summed E-state index contributed by atoms with van der Waals surface area (Å²) in [6.45, 7) is 2.97. The van der Waals surface area contributed by atoms with Crippen molar-refractivity contribution >= 4 is 33.3 Å². The van der Waals surface area contributed by atoms with Gasteiger partial charge in [0.05, 0.1) is 31.7 Å². The lowest BCUT2D eigenvalue weighted by atomic mass is 9.83. The van der Waals surface area contributed by atoms with E-state index in [0.29, 0.717) is 24.9 Å². The number of aromatic nitrogens is 4. The molecule has 1 spiro atoms. The van der Waals surface area contributed by atoms with E-state index in [2.05, 4.69) is 35.8 Å². The van der Waals surface area contributed by atoms with Crippen molar-refractivity contribution in [1.82, 2.24) is 19.9 Å². The fraction of sp³-hybridized carbons (Fsp3) is 0.500. The van der Waals surface area contributed by atoms with E-state index in [1.54, 1.807) is 37.0 Å². The standard InChI is InChI=1S/C20H22N6O3S/c1-28-16-2-4-21-19(24-16)26-6-14-13(8-27)15-7-25(9-20(14,10-26)29-15)17-12-3-5-30-18(12)23-11-22-17/h2-5,11,13-15,27H,6-10H2,1H3/t13-,14+,15+,20+/m0/s1. The number of methoxy groups -OCH3 is 1. The van der Waals surface area contributed by atoms with Gasteiger partial charge < -0.3 is 24.4 Å². The van der Waals surface area contributed by atoms with Crippen LogP contribution >= 0.6 is 11.3 Å². The topological polar surface area (TPSA) is 96.7 Å². The molecule has 3 aromatic heterocycles. The Morgan fingerprint density at radius 3 is 3.00 bits per heavy atom. The Hall–Kier alpha value is -2.56. The van der Waals surface area contributed by atoms with E-state index >= 15 is 0 Å². The molecule has 0 aliphatic carbocycles. The third-order valence-corrected chi connectivity index (χ3v) is 7.47. The first-order valence-electron chi connectivity index (χ1n) is 10.0. The van der Waals surface area contributed by atoms with Gasteiger partial charge in [0.2, 0.25) is 11.8 Å². The molecule has 0 amide bonds. The molecule has 0 radical (unpaired) electrons. The summed E-state index contributed by atoms with van der Waals surface area (Å²) in [5.41, 5.74) is -0.393. The number of ether oxygens (including phenoxy) is 2. The Labute approximate surface area is 177 Å². The summed E-state index contributed by atoms with van der Waals surface area (Å²) < 4.78 is 11.9. The number of thiophene rings is 1. The molecular formula is C20H22N6O3S. The number of hydrogen-bond acceptors (Lipinski definition) is 10. The molecule has 3 fully saturated rings. The van der Waals surface area contributed by atoms with Gasteiger partial charge in [-0.25, -0.2) is 15.0 Å². The summed E-state index contributed by atoms with van der Waals surface area (Å²) in [6.07, 6.45) is 3.32. The summed E-state index contributed by atoms with van der Waals surface area (Å²) in [5, 5.41) is 13.3. The van der Waals surface area contributed by atoms with Gasteiger partial charge in [0.15, 0.2) is 0 Å². The summed E-state index contributed by atoms with van der Waals surface area (Å²) in [6, 6.07) is 3.82. The lowest BCUT2D eigenvalue weighted by molar-refractivity contribution is -0.0550. The van der Waals surface area contributed by atoms with Crippen molar-refractivity contribution in [3.8, 4) is 5.88 Å². The molecule has 3 aliphatic heterocycles. The third kappa shape index (κ3) is 2.60. The van der Waals surface area contributed by atoms with E-state index in [9.17, 15) is 5.11 Å². The van der Waals surface area contributed by atoms with E-state index in [1.807, 2.05) is 5.38 Å². The molecule has 10 heteroatoms. The van der Waals surface area contributed by atoms with E-state index in [0.717, 1.165) is 29.1 Å². The average molecular weight is 427 g/mol. The van der Waals surface area contributed by atoms with Gasteiger partial charge in [-0.1, -0.05) is 0 Å². The SMILES string of the molecule is COc1ccnc(N2C[C@@H]3[C@H](CO)[C@H]4CN(c5ncnc6sccc56)C[C@]3(C2)O4)n1. The van der Waals surface area contributed by atoms with Crippen molar-refractivity contribution in [2.75, 3.05) is 49.7 Å². The van der Waals surface area contributed by atoms with Crippen molar-refractivity contribution in [1.29, 1.82) is 0 Å². The first-order chi connectivity index (χ1) is 14.7. The second kappa shape index (κ2) is 6.73. The normalized spacial score (nSPS) is 30.1. The highest BCUT2D eigenvalue weighted by molar-refractivity contribution is 7.16. The van der Waals surface area contributed by atoms with E-state index < -0.39 is 5.60 Å². The fourth-order valence-electron chi connectivity index (χ4n) is 5.37. The number of fused-ring (bicyclic) bond motifs is 2. The van der Waals surface area contributed by atoms with Gasteiger partial charge in [-0.15, -0.1) is 11.3 Å². The van der Waals surface area contributed by atoms with Crippen LogP contribution in [0.15, 0.2) is 30.0 Å². The Morgan fingerprint density at radius 1 is 1.23 bits per heavy atom. The summed E-state index contributed by atoms with van der Waals surface area (Å²) >= 11 is 1.62. The molecule has 4 atom stereocenters. The number of aliphatic hydroxyl groups excluding tert-OH is 1. The number of morpholine rings is 1. The molecule has 2 bridgehead atoms. The van der Waals surface area contributed by atoms with Crippen molar-refractivity contribution in [2.24, 2.45) is 11.8 Å². The number of anilines is 2. The van der Waals surface area contributed by atoms with Gasteiger partial charge in [0.25, 0.3) is 0 Å². The molecule has 3 aliphatic rings. The van der Waals surface area contributed by atoms with Crippen LogP contribution in [0.1, 0.15) is 0 Å². The average Bonchev–Trinajstić information content (AvgIpc) is 3.44. The first kappa shape index (κ1) is 18.2. The van der Waals surface area contributed by atoms with Gasteiger partial charge in [-0.3, -0.25) is 0 Å². The zero-order valence-corrected chi connectivity index (χ0v) is 17.3. The van der Waals surface area contributed by atoms with Crippen molar-refractivity contribution in [2.45, 2.75) is 11.7 Å². The second-order valence-corrected chi connectivity index (χ2v) is 9.07. The molecule has 3 aromatic rings. The number of rotatable bonds is 4. The molecular weight excluding hydrogens is 404 g/mol. The predicted octanol–water partition coefficient (Wildman–Crippen LogP) is 1.19. The van der Waals surface area contributed by atoms with Crippen LogP contribution in [0, 0.1) is 11.8 Å². The maximum absolute atomic E-state index is 10.2. The summed E-state index contributed by atoms with van der Waals surface area (Å²) in [7, 11) is 1.60. The minimum Gasteiger partial charge on any atom is -0.481 e. The van der Waals surface area contributed by atoms with E-state index in [4.69, 9.17) is 9.47 Å². The van der Waals surface area contributed by atoms with Crippen molar-refractivity contribution in [3.05, 3.63) is 30.0 Å². The zero-order chi connectivity index (χ0) is 20.3. The Bertz CT molecular complexity index is 1100. The third-order valence-electron chi connectivity index (χ3n) is 6.65. The highest BCUT2D eigenvalue weighted by Gasteiger charge is 2.63. The first-order valence-corrected chi connectivity index (χ1v) is 10.9. The minimum absolute atomic E-state index is 0.0224. The monoisotopic (exact) mass is 426 g/mol. The van der Waals surface area contributed by atoms with Gasteiger partial charge in [-0.2, -0.15) is 4.98 Å². The van der Waals surface area contributed by atoms with Crippen LogP contribution in [0.4, 0.5) is 11.8 Å². The van der Waals surface area contributed by atoms with Crippen LogP contribution in [0.3, 0.4) is 0 Å². The highest BCUT2D eigenvalue weighted by Crippen LogP contribution is 2.50. The molecule has 6 rings (SSSR count). The van der Waals surface area contributed by atoms with Crippen LogP contribution < -0.4 is 14.5 Å². The van der Waals surface area contributed by atoms with Crippen LogP contribution in [0.25, 0.3) is 10.2 Å². The molecule has 9 nitrogen and oxygen atoms in total. The van der Waals surface area contributed by atoms with Crippen molar-refractivity contribution < 1.29 is 14.6 Å². The lowest BCUT2D eigenvalue weighted by Gasteiger charge is -2.41. The number of nitrogens with zero attached hydrogens (tertiary/aromatic N) is 6. The maximum atomic E-state index is 10.2. The quantitative estimate of drug-likeness (QED) is 0.660. The molecule has 0 unspecified atom stereocenters. The second-order valence-electron chi connectivity index (χ2n) is 8.17. The van der Waals surface area contributed by atoms with Gasteiger partial charge >= 0.3 is 0 Å². The molecule has 0 saturated carbocycles. The van der Waals surface area contributed by atoms with Crippen molar-refractivity contribution in [3.63, 3.8) is 0 Å². The number of hydrogen-bond donors (Lipinski definition) is 1. The maximum Gasteiger partial charge on any atom is 0.228 e. The van der Waals surface area contributed by atoms with Crippen LogP contribution in [0.5, 0.6) is 5.88 Å². The van der Waals surface area contributed by atoms with Gasteiger partial charge in [-0.05, 0) is 11.4 Å². The molecule has 3 saturated heterocycles. The Kier molecular flexibility index (Phi) is 4.09. The highest BCUT2D eigenvalue weighted by atomic mass is 32.1. The van der Waals surface area contributed by atoms with Crippen LogP contribution in [0.2, 0.25) is 0 Å². The van der Waals surface area contributed by atoms with Crippen LogP contribution in [-0.2, 0) is 4.74 Å². The zero-order valence-electron chi connectivity index (χ0n) is 16.5. The molecule has 0 aromatic carbocycles. The Morgan fingerprint density at radius 2 is 2.13 bits per heavy atom. The largest absolute Gasteiger partial charge is 0.481 e. The molecule has 1 N–H and O–H groups in total. The van der Waals surface area contributed by atoms with E-state index in [1.165, 1.54) is 0 Å². The molecule has 6 heterocycles. The lowest BCUT2D eigenvalue weighted by Crippen LogP contribution is -2.54. The summed E-state index contributed by atoms with van der Waals surface area (Å²) in [5.74, 6) is 2.40. The predicted molar refractivity (Wildman–Crippen MR) is 112 cm³/mol. The molecule has 30 heavy (non-hydrogen) atoms. The van der Waals surface area contributed by atoms with E-state index in [-0.39, 0.29) is 24.5 Å². The number of aliphatic hydroxyl groups is 1. The van der Waals surface area contributed by atoms with Gasteiger partial charge in [0.1, 0.15) is 22.6 Å². The van der Waals surface area contributed by atoms with Crippen LogP contribution in [-0.4, -0.2) is 76.6 Å². The molecule has 156 valence electrons. The fourth-order valence-corrected chi connectivity index (χ4v) is 6.10. The summed E-state index contributed by atoms with van der Waals surface area (Å²) in [4.78, 5) is 23.4. The Balaban J connectivity index is 1.35.